The molecule has 1 atom stereocenters. The summed E-state index contributed by atoms with van der Waals surface area (Å²) in [6.45, 7) is 6.16. The third-order valence-electron chi connectivity index (χ3n) is 4.03. The largest absolute Gasteiger partial charge is 0.296 e. The Morgan fingerprint density at radius 3 is 2.12 bits per heavy atom. The Kier molecular flexibility index (Phi) is 6.80. The van der Waals surface area contributed by atoms with Crippen LogP contribution in [-0.2, 0) is 10.0 Å². The van der Waals surface area contributed by atoms with Gasteiger partial charge in [0.15, 0.2) is 0 Å². The van der Waals surface area contributed by atoms with Crippen LogP contribution in [0.3, 0.4) is 0 Å². The van der Waals surface area contributed by atoms with Crippen molar-refractivity contribution < 1.29 is 8.42 Å². The summed E-state index contributed by atoms with van der Waals surface area (Å²) in [6, 6.07) is 16.1. The van der Waals surface area contributed by atoms with Crippen LogP contribution in [0.1, 0.15) is 25.5 Å². The van der Waals surface area contributed by atoms with Crippen molar-refractivity contribution in [3.05, 3.63) is 65.2 Å². The van der Waals surface area contributed by atoms with E-state index in [9.17, 15) is 8.42 Å². The fourth-order valence-electron chi connectivity index (χ4n) is 2.68. The maximum Gasteiger partial charge on any atom is 0.240 e. The van der Waals surface area contributed by atoms with E-state index >= 15 is 0 Å². The van der Waals surface area contributed by atoms with Crippen LogP contribution in [0, 0.1) is 0 Å². The highest BCUT2D eigenvalue weighted by Gasteiger charge is 2.21. The number of rotatable bonds is 8. The first-order valence-electron chi connectivity index (χ1n) is 8.02. The zero-order chi connectivity index (χ0) is 17.6. The molecule has 0 aliphatic rings. The Morgan fingerprint density at radius 1 is 1.00 bits per heavy atom. The molecule has 0 saturated carbocycles. The van der Waals surface area contributed by atoms with Gasteiger partial charge in [-0.2, -0.15) is 0 Å². The van der Waals surface area contributed by atoms with E-state index < -0.39 is 10.0 Å². The molecule has 24 heavy (non-hydrogen) atoms. The van der Waals surface area contributed by atoms with Crippen LogP contribution in [-0.4, -0.2) is 33.0 Å². The molecule has 1 N–H and O–H groups in total. The van der Waals surface area contributed by atoms with Gasteiger partial charge in [0.25, 0.3) is 0 Å². The van der Waals surface area contributed by atoms with Crippen LogP contribution in [0.25, 0.3) is 0 Å². The van der Waals surface area contributed by atoms with Crippen LogP contribution >= 0.6 is 11.6 Å². The first-order chi connectivity index (χ1) is 11.5. The van der Waals surface area contributed by atoms with E-state index in [1.807, 2.05) is 30.3 Å². The van der Waals surface area contributed by atoms with Gasteiger partial charge >= 0.3 is 0 Å². The van der Waals surface area contributed by atoms with Crippen molar-refractivity contribution in [3.8, 4) is 0 Å². The van der Waals surface area contributed by atoms with Gasteiger partial charge in [0, 0.05) is 17.6 Å². The molecule has 2 rings (SSSR count). The lowest BCUT2D eigenvalue weighted by Crippen LogP contribution is -2.38. The molecule has 0 aliphatic carbocycles. The Morgan fingerprint density at radius 2 is 1.58 bits per heavy atom. The van der Waals surface area contributed by atoms with Crippen molar-refractivity contribution in [2.45, 2.75) is 24.8 Å². The fourth-order valence-corrected chi connectivity index (χ4v) is 3.85. The highest BCUT2D eigenvalue weighted by atomic mass is 35.5. The van der Waals surface area contributed by atoms with Crippen LogP contribution in [0.5, 0.6) is 0 Å². The molecule has 0 radical (unpaired) electrons. The van der Waals surface area contributed by atoms with Gasteiger partial charge in [-0.1, -0.05) is 55.8 Å². The van der Waals surface area contributed by atoms with Gasteiger partial charge < -0.3 is 0 Å². The second-order valence-corrected chi connectivity index (χ2v) is 7.66. The first kappa shape index (κ1) is 18.9. The Labute approximate surface area is 149 Å². The molecule has 2 aromatic rings. The third kappa shape index (κ3) is 4.80. The molecular formula is C18H23ClN2O2S. The number of halogens is 1. The van der Waals surface area contributed by atoms with Gasteiger partial charge in [-0.3, -0.25) is 4.90 Å². The second kappa shape index (κ2) is 8.62. The van der Waals surface area contributed by atoms with E-state index in [-0.39, 0.29) is 10.9 Å². The Hall–Kier alpha value is -1.40. The molecule has 0 fully saturated rings. The molecule has 0 amide bonds. The molecule has 0 bridgehead atoms. The summed E-state index contributed by atoms with van der Waals surface area (Å²) in [7, 11) is -3.57. The maximum atomic E-state index is 12.5. The molecule has 2 aromatic carbocycles. The van der Waals surface area contributed by atoms with Crippen molar-refractivity contribution in [2.75, 3.05) is 19.6 Å². The summed E-state index contributed by atoms with van der Waals surface area (Å²) < 4.78 is 27.7. The van der Waals surface area contributed by atoms with E-state index in [2.05, 4.69) is 23.5 Å². The van der Waals surface area contributed by atoms with Crippen molar-refractivity contribution in [3.63, 3.8) is 0 Å². The highest BCUT2D eigenvalue weighted by Crippen LogP contribution is 2.21. The minimum atomic E-state index is -3.57. The number of nitrogens with zero attached hydrogens (tertiary/aromatic N) is 1. The van der Waals surface area contributed by atoms with Crippen molar-refractivity contribution in [2.24, 2.45) is 0 Å². The van der Waals surface area contributed by atoms with Crippen LogP contribution in [0.4, 0.5) is 0 Å². The lowest BCUT2D eigenvalue weighted by molar-refractivity contribution is 0.220. The molecule has 6 heteroatoms. The van der Waals surface area contributed by atoms with E-state index in [4.69, 9.17) is 11.6 Å². The minimum Gasteiger partial charge on any atom is -0.296 e. The number of hydrogen-bond acceptors (Lipinski definition) is 3. The fraction of sp³-hybridized carbons (Fsp3) is 0.333. The molecule has 0 saturated heterocycles. The molecule has 0 unspecified atom stereocenters. The predicted octanol–water partition coefficient (Wildman–Crippen LogP) is 3.70. The van der Waals surface area contributed by atoms with E-state index in [0.717, 1.165) is 18.7 Å². The van der Waals surface area contributed by atoms with Gasteiger partial charge in [0.2, 0.25) is 10.0 Å². The third-order valence-corrected chi connectivity index (χ3v) is 5.72. The second-order valence-electron chi connectivity index (χ2n) is 5.45. The maximum absolute atomic E-state index is 12.5. The summed E-state index contributed by atoms with van der Waals surface area (Å²) in [5, 5.41) is 0.513. The lowest BCUT2D eigenvalue weighted by atomic mass is 10.1. The van der Waals surface area contributed by atoms with Gasteiger partial charge in [0.05, 0.1) is 4.90 Å². The monoisotopic (exact) mass is 366 g/mol. The standard InChI is InChI=1S/C18H23ClN2O2S/c1-3-21(4-2)18(15-8-6-5-7-9-15)14-20-24(22,23)17-12-10-16(19)11-13-17/h5-13,18,20H,3-4,14H2,1-2H3/t18-/m1/s1. The summed E-state index contributed by atoms with van der Waals surface area (Å²) in [4.78, 5) is 2.46. The molecule has 0 aromatic heterocycles. The molecule has 4 nitrogen and oxygen atoms in total. The van der Waals surface area contributed by atoms with Crippen LogP contribution in [0.15, 0.2) is 59.5 Å². The number of nitrogens with one attached hydrogen (secondary N) is 1. The molecule has 0 spiro atoms. The quantitative estimate of drug-likeness (QED) is 0.774. The highest BCUT2D eigenvalue weighted by molar-refractivity contribution is 7.89. The molecule has 130 valence electrons. The molecular weight excluding hydrogens is 344 g/mol. The van der Waals surface area contributed by atoms with E-state index in [1.54, 1.807) is 12.1 Å². The summed E-state index contributed by atoms with van der Waals surface area (Å²) >= 11 is 5.83. The Bertz CT molecular complexity index is 729. The molecule has 0 heterocycles. The number of sulfonamides is 1. The predicted molar refractivity (Wildman–Crippen MR) is 98.7 cm³/mol. The minimum absolute atomic E-state index is 0.0109. The number of likely N-dealkylation sites (N-methyl/N-ethyl adjacent to an activating group) is 1. The number of benzene rings is 2. The van der Waals surface area contributed by atoms with Gasteiger partial charge in [0.1, 0.15) is 0 Å². The summed E-state index contributed by atoms with van der Waals surface area (Å²) in [5.41, 5.74) is 1.10. The smallest absolute Gasteiger partial charge is 0.240 e. The van der Waals surface area contributed by atoms with E-state index in [1.165, 1.54) is 12.1 Å². The normalized spacial score (nSPS) is 13.2. The molecule has 0 aliphatic heterocycles. The van der Waals surface area contributed by atoms with Gasteiger partial charge in [-0.05, 0) is 42.9 Å². The van der Waals surface area contributed by atoms with Crippen LogP contribution in [0.2, 0.25) is 5.02 Å². The lowest BCUT2D eigenvalue weighted by Gasteiger charge is -2.30. The zero-order valence-corrected chi connectivity index (χ0v) is 15.5. The summed E-state index contributed by atoms with van der Waals surface area (Å²) in [6.07, 6.45) is 0. The average Bonchev–Trinajstić information content (AvgIpc) is 2.59. The van der Waals surface area contributed by atoms with Gasteiger partial charge in [-0.15, -0.1) is 0 Å². The first-order valence-corrected chi connectivity index (χ1v) is 9.88. The van der Waals surface area contributed by atoms with Crippen molar-refractivity contribution >= 4 is 21.6 Å². The number of hydrogen-bond donors (Lipinski definition) is 1. The van der Waals surface area contributed by atoms with Crippen LogP contribution < -0.4 is 4.72 Å². The van der Waals surface area contributed by atoms with Gasteiger partial charge in [-0.25, -0.2) is 13.1 Å². The van der Waals surface area contributed by atoms with Crippen molar-refractivity contribution in [1.29, 1.82) is 0 Å². The SMILES string of the molecule is CCN(CC)[C@H](CNS(=O)(=O)c1ccc(Cl)cc1)c1ccccc1. The van der Waals surface area contributed by atoms with E-state index in [0.29, 0.717) is 11.6 Å². The summed E-state index contributed by atoms with van der Waals surface area (Å²) in [5.74, 6) is 0. The Balaban J connectivity index is 2.19. The zero-order valence-electron chi connectivity index (χ0n) is 13.9. The van der Waals surface area contributed by atoms with Crippen molar-refractivity contribution in [1.82, 2.24) is 9.62 Å². The average molecular weight is 367 g/mol. The topological polar surface area (TPSA) is 49.4 Å².